The van der Waals surface area contributed by atoms with E-state index in [-0.39, 0.29) is 11.4 Å². The summed E-state index contributed by atoms with van der Waals surface area (Å²) in [6.07, 6.45) is 6.36. The van der Waals surface area contributed by atoms with E-state index in [9.17, 15) is 4.79 Å². The Hall–Kier alpha value is -1.39. The maximum absolute atomic E-state index is 12.4. The van der Waals surface area contributed by atoms with Crippen molar-refractivity contribution in [1.29, 1.82) is 0 Å². The van der Waals surface area contributed by atoms with Crippen LogP contribution in [0.5, 0.6) is 0 Å². The number of aryl methyl sites for hydroxylation is 1. The molecular formula is C18H27N3O. The van der Waals surface area contributed by atoms with Gasteiger partial charge >= 0.3 is 0 Å². The summed E-state index contributed by atoms with van der Waals surface area (Å²) < 4.78 is 0. The molecule has 22 heavy (non-hydrogen) atoms. The molecule has 1 aliphatic heterocycles. The smallest absolute Gasteiger partial charge is 0.238 e. The number of hydrogen-bond donors (Lipinski definition) is 2. The molecule has 0 radical (unpaired) electrons. The highest BCUT2D eigenvalue weighted by atomic mass is 16.2. The maximum atomic E-state index is 12.4. The van der Waals surface area contributed by atoms with E-state index >= 15 is 0 Å². The first-order chi connectivity index (χ1) is 10.7. The predicted molar refractivity (Wildman–Crippen MR) is 90.1 cm³/mol. The number of nitrogens with zero attached hydrogens (tertiary/aromatic N) is 1. The minimum atomic E-state index is 0.109. The monoisotopic (exact) mass is 301 g/mol. The lowest BCUT2D eigenvalue weighted by molar-refractivity contribution is -0.120. The zero-order valence-electron chi connectivity index (χ0n) is 13.5. The van der Waals surface area contributed by atoms with Gasteiger partial charge in [0.1, 0.15) is 0 Å². The molecular weight excluding hydrogens is 274 g/mol. The summed E-state index contributed by atoms with van der Waals surface area (Å²) in [5, 5.41) is 6.58. The van der Waals surface area contributed by atoms with Gasteiger partial charge in [0.25, 0.3) is 0 Å². The van der Waals surface area contributed by atoms with Crippen LogP contribution in [0, 0.1) is 6.92 Å². The Kier molecular flexibility index (Phi) is 4.79. The fourth-order valence-electron chi connectivity index (χ4n) is 3.93. The van der Waals surface area contributed by atoms with Crippen LogP contribution < -0.4 is 10.6 Å². The number of rotatable bonds is 3. The Bertz CT molecular complexity index is 515. The highest BCUT2D eigenvalue weighted by Crippen LogP contribution is 2.34. The van der Waals surface area contributed by atoms with Crippen LogP contribution in [0.1, 0.15) is 37.7 Å². The fraction of sp³-hybridized carbons (Fsp3) is 0.611. The summed E-state index contributed by atoms with van der Waals surface area (Å²) in [6, 6.07) is 8.01. The fourth-order valence-corrected chi connectivity index (χ4v) is 3.93. The summed E-state index contributed by atoms with van der Waals surface area (Å²) in [6.45, 7) is 5.55. The average Bonchev–Trinajstić information content (AvgIpc) is 2.51. The highest BCUT2D eigenvalue weighted by Gasteiger charge is 2.40. The Labute approximate surface area is 133 Å². The van der Waals surface area contributed by atoms with Gasteiger partial charge in [-0.2, -0.15) is 0 Å². The maximum Gasteiger partial charge on any atom is 0.238 e. The first-order valence-corrected chi connectivity index (χ1v) is 8.50. The average molecular weight is 301 g/mol. The SMILES string of the molecule is Cc1cccc(NC(=O)CN2CCNCC23CCCCC3)c1. The van der Waals surface area contributed by atoms with Crippen molar-refractivity contribution >= 4 is 11.6 Å². The van der Waals surface area contributed by atoms with Crippen molar-refractivity contribution in [1.82, 2.24) is 10.2 Å². The van der Waals surface area contributed by atoms with E-state index in [2.05, 4.69) is 15.5 Å². The predicted octanol–water partition coefficient (Wildman–Crippen LogP) is 2.54. The first-order valence-electron chi connectivity index (χ1n) is 8.50. The van der Waals surface area contributed by atoms with Gasteiger partial charge in [-0.1, -0.05) is 31.4 Å². The van der Waals surface area contributed by atoms with Crippen LogP contribution in [0.25, 0.3) is 0 Å². The second kappa shape index (κ2) is 6.80. The van der Waals surface area contributed by atoms with Gasteiger partial charge in [-0.3, -0.25) is 9.69 Å². The molecule has 1 amide bonds. The lowest BCUT2D eigenvalue weighted by Gasteiger charge is -2.49. The van der Waals surface area contributed by atoms with Crippen molar-refractivity contribution in [3.63, 3.8) is 0 Å². The molecule has 1 saturated carbocycles. The van der Waals surface area contributed by atoms with Gasteiger partial charge in [0.05, 0.1) is 6.54 Å². The number of benzene rings is 1. The molecule has 120 valence electrons. The molecule has 1 heterocycles. The van der Waals surface area contributed by atoms with Gasteiger partial charge in [-0.25, -0.2) is 0 Å². The first kappa shape index (κ1) is 15.5. The number of anilines is 1. The zero-order chi connectivity index (χ0) is 15.4. The van der Waals surface area contributed by atoms with Crippen molar-refractivity contribution < 1.29 is 4.79 Å². The third-order valence-electron chi connectivity index (χ3n) is 5.10. The van der Waals surface area contributed by atoms with Gasteiger partial charge in [-0.05, 0) is 37.5 Å². The number of nitrogens with one attached hydrogen (secondary N) is 2. The molecule has 0 bridgehead atoms. The summed E-state index contributed by atoms with van der Waals surface area (Å²) in [4.78, 5) is 14.9. The van der Waals surface area contributed by atoms with Gasteiger partial charge in [0.2, 0.25) is 5.91 Å². The van der Waals surface area contributed by atoms with Gasteiger partial charge in [0, 0.05) is 30.9 Å². The van der Waals surface area contributed by atoms with Crippen LogP contribution in [0.2, 0.25) is 0 Å². The molecule has 0 aromatic heterocycles. The van der Waals surface area contributed by atoms with E-state index in [1.165, 1.54) is 37.7 Å². The molecule has 1 aromatic rings. The molecule has 1 aromatic carbocycles. The number of hydrogen-bond acceptors (Lipinski definition) is 3. The second-order valence-electron chi connectivity index (χ2n) is 6.80. The summed E-state index contributed by atoms with van der Waals surface area (Å²) in [7, 11) is 0. The Balaban J connectivity index is 1.64. The highest BCUT2D eigenvalue weighted by molar-refractivity contribution is 5.92. The van der Waals surface area contributed by atoms with Gasteiger partial charge < -0.3 is 10.6 Å². The minimum absolute atomic E-state index is 0.109. The lowest BCUT2D eigenvalue weighted by Crippen LogP contribution is -2.63. The summed E-state index contributed by atoms with van der Waals surface area (Å²) >= 11 is 0. The standard InChI is InChI=1S/C18H27N3O/c1-15-6-5-7-16(12-15)20-17(22)13-21-11-10-19-14-18(21)8-3-2-4-9-18/h5-7,12,19H,2-4,8-11,13-14H2,1H3,(H,20,22). The molecule has 0 unspecified atom stereocenters. The van der Waals surface area contributed by atoms with E-state index in [4.69, 9.17) is 0 Å². The number of amides is 1. The van der Waals surface area contributed by atoms with Crippen LogP contribution in [-0.4, -0.2) is 42.5 Å². The third-order valence-corrected chi connectivity index (χ3v) is 5.10. The van der Waals surface area contributed by atoms with E-state index < -0.39 is 0 Å². The van der Waals surface area contributed by atoms with Gasteiger partial charge in [0.15, 0.2) is 0 Å². The Morgan fingerprint density at radius 1 is 1.32 bits per heavy atom. The van der Waals surface area contributed by atoms with E-state index in [0.29, 0.717) is 6.54 Å². The molecule has 4 heteroatoms. The van der Waals surface area contributed by atoms with Crippen LogP contribution in [0.15, 0.2) is 24.3 Å². The van der Waals surface area contributed by atoms with E-state index in [0.717, 1.165) is 25.3 Å². The van der Waals surface area contributed by atoms with Crippen molar-refractivity contribution in [2.75, 3.05) is 31.5 Å². The molecule has 4 nitrogen and oxygen atoms in total. The zero-order valence-corrected chi connectivity index (χ0v) is 13.5. The molecule has 2 aliphatic rings. The molecule has 0 atom stereocenters. The van der Waals surface area contributed by atoms with Crippen molar-refractivity contribution in [2.24, 2.45) is 0 Å². The topological polar surface area (TPSA) is 44.4 Å². The number of carbonyl (C=O) groups excluding carboxylic acids is 1. The van der Waals surface area contributed by atoms with Gasteiger partial charge in [-0.15, -0.1) is 0 Å². The molecule has 1 spiro atoms. The second-order valence-corrected chi connectivity index (χ2v) is 6.80. The largest absolute Gasteiger partial charge is 0.325 e. The number of carbonyl (C=O) groups is 1. The molecule has 1 saturated heterocycles. The summed E-state index contributed by atoms with van der Waals surface area (Å²) in [5.74, 6) is 0.109. The van der Waals surface area contributed by atoms with Crippen LogP contribution in [0.4, 0.5) is 5.69 Å². The van der Waals surface area contributed by atoms with Crippen molar-refractivity contribution in [3.05, 3.63) is 29.8 Å². The van der Waals surface area contributed by atoms with Crippen LogP contribution in [0.3, 0.4) is 0 Å². The van der Waals surface area contributed by atoms with Crippen molar-refractivity contribution in [3.8, 4) is 0 Å². The minimum Gasteiger partial charge on any atom is -0.325 e. The number of piperazine rings is 1. The molecule has 2 N–H and O–H groups in total. The van der Waals surface area contributed by atoms with Crippen LogP contribution in [-0.2, 0) is 4.79 Å². The lowest BCUT2D eigenvalue weighted by atomic mass is 9.79. The normalized spacial score (nSPS) is 21.7. The van der Waals surface area contributed by atoms with E-state index in [1.807, 2.05) is 31.2 Å². The molecule has 3 rings (SSSR count). The molecule has 1 aliphatic carbocycles. The van der Waals surface area contributed by atoms with Crippen LogP contribution >= 0.6 is 0 Å². The summed E-state index contributed by atoms with van der Waals surface area (Å²) in [5.41, 5.74) is 2.28. The van der Waals surface area contributed by atoms with E-state index in [1.54, 1.807) is 0 Å². The Morgan fingerprint density at radius 2 is 2.14 bits per heavy atom. The molecule has 2 fully saturated rings. The Morgan fingerprint density at radius 3 is 2.91 bits per heavy atom. The third kappa shape index (κ3) is 3.50. The van der Waals surface area contributed by atoms with Crippen molar-refractivity contribution in [2.45, 2.75) is 44.6 Å². The quantitative estimate of drug-likeness (QED) is 0.902.